The van der Waals surface area contributed by atoms with E-state index in [0.29, 0.717) is 0 Å². The van der Waals surface area contributed by atoms with E-state index in [1.54, 1.807) is 0 Å². The van der Waals surface area contributed by atoms with Gasteiger partial charge >= 0.3 is 0 Å². The Kier molecular flexibility index (Phi) is 11.4. The zero-order valence-corrected chi connectivity index (χ0v) is 11.6. The molecule has 1 aromatic rings. The summed E-state index contributed by atoms with van der Waals surface area (Å²) >= 11 is -2.86. The van der Waals surface area contributed by atoms with Crippen LogP contribution in [0.5, 0.6) is 0 Å². The predicted octanol–water partition coefficient (Wildman–Crippen LogP) is 1.33. The standard InChI is InChI=1S/C7H8.Cd.H2O3S/c1-7-5-3-2-4-6-7;;1-4(2)3/h2-6H,1H3;;(H2,1,2,3)/p-1. The summed E-state index contributed by atoms with van der Waals surface area (Å²) in [4.78, 5) is 0. The van der Waals surface area contributed by atoms with Crippen molar-refractivity contribution in [1.82, 2.24) is 0 Å². The Morgan fingerprint density at radius 3 is 1.83 bits per heavy atom. The van der Waals surface area contributed by atoms with Gasteiger partial charge in [0, 0.05) is 27.3 Å². The minimum atomic E-state index is -2.86. The fourth-order valence-electron chi connectivity index (χ4n) is 0.534. The quantitative estimate of drug-likeness (QED) is 0.578. The summed E-state index contributed by atoms with van der Waals surface area (Å²) in [5.41, 5.74) is 1.32. The molecule has 0 heterocycles. The van der Waals surface area contributed by atoms with Gasteiger partial charge in [-0.25, -0.2) is 4.21 Å². The summed E-state index contributed by atoms with van der Waals surface area (Å²) in [6.45, 7) is 2.08. The third-order valence-electron chi connectivity index (χ3n) is 0.940. The van der Waals surface area contributed by atoms with Gasteiger partial charge in [-0.3, -0.25) is 0 Å². The molecule has 0 bridgehead atoms. The molecule has 0 aliphatic heterocycles. The molecule has 0 saturated heterocycles. The first kappa shape index (κ1) is 14.7. The number of hydrogen-bond acceptors (Lipinski definition) is 2. The molecule has 0 aliphatic rings. The van der Waals surface area contributed by atoms with Crippen molar-refractivity contribution < 1.29 is 40.6 Å². The van der Waals surface area contributed by atoms with E-state index in [1.165, 1.54) is 5.56 Å². The van der Waals surface area contributed by atoms with Crippen LogP contribution in [0.4, 0.5) is 0 Å². The summed E-state index contributed by atoms with van der Waals surface area (Å²) in [6, 6.07) is 10.3. The van der Waals surface area contributed by atoms with Crippen LogP contribution < -0.4 is 0 Å². The smallest absolute Gasteiger partial charge is 0.0814 e. The second-order valence-electron chi connectivity index (χ2n) is 1.87. The summed E-state index contributed by atoms with van der Waals surface area (Å²) in [7, 11) is 0. The summed E-state index contributed by atoms with van der Waals surface area (Å²) in [5.74, 6) is 0. The van der Waals surface area contributed by atoms with E-state index in [9.17, 15) is 0 Å². The molecular weight excluding hydrogens is 277 g/mol. The Balaban J connectivity index is 0. The molecule has 0 aliphatic carbocycles. The number of rotatable bonds is 0. The van der Waals surface area contributed by atoms with Gasteiger partial charge in [0.2, 0.25) is 0 Å². The van der Waals surface area contributed by atoms with Crippen LogP contribution in [0.3, 0.4) is 0 Å². The van der Waals surface area contributed by atoms with Crippen LogP contribution in [0.15, 0.2) is 30.3 Å². The van der Waals surface area contributed by atoms with Gasteiger partial charge in [0.05, 0.1) is 11.4 Å². The molecule has 3 nitrogen and oxygen atoms in total. The van der Waals surface area contributed by atoms with Crippen LogP contribution in [0.2, 0.25) is 0 Å². The van der Waals surface area contributed by atoms with Gasteiger partial charge in [0.15, 0.2) is 0 Å². The molecule has 1 N–H and O–H groups in total. The largest absolute Gasteiger partial charge is 0.750 e. The second kappa shape index (κ2) is 9.30. The van der Waals surface area contributed by atoms with E-state index < -0.39 is 11.4 Å². The van der Waals surface area contributed by atoms with Crippen molar-refractivity contribution in [2.75, 3.05) is 0 Å². The fourth-order valence-corrected chi connectivity index (χ4v) is 0.534. The third-order valence-corrected chi connectivity index (χ3v) is 0.940. The molecule has 1 aromatic carbocycles. The van der Waals surface area contributed by atoms with Gasteiger partial charge in [-0.2, -0.15) is 0 Å². The maximum absolute atomic E-state index is 8.56. The molecule has 1 rings (SSSR count). The average Bonchev–Trinajstić information content (AvgIpc) is 1.87. The molecule has 0 saturated carbocycles. The van der Waals surface area contributed by atoms with Gasteiger partial charge in [-0.05, 0) is 6.92 Å². The average molecular weight is 286 g/mol. The van der Waals surface area contributed by atoms with Crippen molar-refractivity contribution in [1.29, 1.82) is 0 Å². The normalized spacial score (nSPS) is 10.2. The number of aryl methyl sites for hydroxylation is 1. The molecule has 0 spiro atoms. The van der Waals surface area contributed by atoms with Gasteiger partial charge in [-0.1, -0.05) is 35.9 Å². The molecule has 0 aromatic heterocycles. The molecule has 0 radical (unpaired) electrons. The number of hydrogen-bond donors (Lipinski definition) is 1. The van der Waals surface area contributed by atoms with Crippen LogP contribution >= 0.6 is 0 Å². The number of benzene rings is 1. The fraction of sp³-hybridized carbons (Fsp3) is 0.143. The maximum Gasteiger partial charge on any atom is 0.0814 e. The first-order valence-electron chi connectivity index (χ1n) is 2.93. The molecule has 0 amide bonds. The van der Waals surface area contributed by atoms with Crippen LogP contribution in [-0.2, 0) is 38.7 Å². The van der Waals surface area contributed by atoms with Crippen molar-refractivity contribution in [2.45, 2.75) is 6.92 Å². The third kappa shape index (κ3) is 12.9. The minimum absolute atomic E-state index is 0. The molecular formula is C7H9CdO3S-. The molecule has 0 fully saturated rings. The SMILES string of the molecule is Cc1ccccc1.O=S([O-])O.[Cd]. The Morgan fingerprint density at radius 1 is 1.33 bits per heavy atom. The Bertz CT molecular complexity index is 211. The Labute approximate surface area is 94.5 Å². The molecule has 64 valence electrons. The molecule has 12 heavy (non-hydrogen) atoms. The van der Waals surface area contributed by atoms with Gasteiger partial charge in [0.1, 0.15) is 0 Å². The zero-order valence-electron chi connectivity index (χ0n) is 6.77. The van der Waals surface area contributed by atoms with Crippen molar-refractivity contribution in [3.05, 3.63) is 35.9 Å². The summed E-state index contributed by atoms with van der Waals surface area (Å²) in [5, 5.41) is 0. The Morgan fingerprint density at radius 2 is 1.67 bits per heavy atom. The zero-order chi connectivity index (χ0) is 8.69. The predicted molar refractivity (Wildman–Crippen MR) is 42.7 cm³/mol. The topological polar surface area (TPSA) is 60.4 Å². The van der Waals surface area contributed by atoms with Gasteiger partial charge < -0.3 is 9.11 Å². The Hall–Kier alpha value is 0.212. The minimum Gasteiger partial charge on any atom is -0.750 e. The van der Waals surface area contributed by atoms with Gasteiger partial charge in [0.25, 0.3) is 0 Å². The molecule has 1 unspecified atom stereocenters. The van der Waals surface area contributed by atoms with E-state index >= 15 is 0 Å². The van der Waals surface area contributed by atoms with E-state index in [2.05, 4.69) is 19.1 Å². The van der Waals surface area contributed by atoms with E-state index in [1.807, 2.05) is 18.2 Å². The van der Waals surface area contributed by atoms with Crippen LogP contribution in [0.1, 0.15) is 5.56 Å². The first-order chi connectivity index (χ1) is 5.13. The van der Waals surface area contributed by atoms with E-state index in [-0.39, 0.29) is 27.3 Å². The monoisotopic (exact) mass is 287 g/mol. The van der Waals surface area contributed by atoms with E-state index in [4.69, 9.17) is 13.3 Å². The van der Waals surface area contributed by atoms with Crippen LogP contribution in [0, 0.1) is 6.92 Å². The van der Waals surface area contributed by atoms with Crippen LogP contribution in [0.25, 0.3) is 0 Å². The summed E-state index contributed by atoms with van der Waals surface area (Å²) < 4.78 is 24.1. The first-order valence-corrected chi connectivity index (χ1v) is 3.96. The molecule has 5 heteroatoms. The molecule has 1 atom stereocenters. The van der Waals surface area contributed by atoms with Crippen molar-refractivity contribution in [3.63, 3.8) is 0 Å². The summed E-state index contributed by atoms with van der Waals surface area (Å²) in [6.07, 6.45) is 0. The maximum atomic E-state index is 8.56. The van der Waals surface area contributed by atoms with Gasteiger partial charge in [-0.15, -0.1) is 0 Å². The van der Waals surface area contributed by atoms with Crippen LogP contribution in [-0.4, -0.2) is 13.3 Å². The van der Waals surface area contributed by atoms with Crippen molar-refractivity contribution in [3.8, 4) is 0 Å². The van der Waals surface area contributed by atoms with Crippen molar-refractivity contribution in [2.24, 2.45) is 0 Å². The second-order valence-corrected chi connectivity index (χ2v) is 2.31. The van der Waals surface area contributed by atoms with Crippen molar-refractivity contribution >= 4 is 11.4 Å². The van der Waals surface area contributed by atoms with E-state index in [0.717, 1.165) is 0 Å².